The minimum atomic E-state index is 0.680. The highest BCUT2D eigenvalue weighted by molar-refractivity contribution is 6.32. The number of para-hydroxylation sites is 1. The van der Waals surface area contributed by atoms with Gasteiger partial charge in [0, 0.05) is 44.6 Å². The monoisotopic (exact) mass is 625 g/mol. The fourth-order valence-electron chi connectivity index (χ4n) is 7.18. The van der Waals surface area contributed by atoms with Crippen LogP contribution in [-0.2, 0) is 0 Å². The first-order valence-corrected chi connectivity index (χ1v) is 16.4. The minimum Gasteiger partial charge on any atom is -0.455 e. The molecule has 0 amide bonds. The van der Waals surface area contributed by atoms with Crippen LogP contribution >= 0.6 is 0 Å². The van der Waals surface area contributed by atoms with Crippen molar-refractivity contribution in [3.8, 4) is 45.2 Å². The molecule has 10 rings (SSSR count). The van der Waals surface area contributed by atoms with Crippen molar-refractivity contribution in [1.29, 1.82) is 0 Å². The van der Waals surface area contributed by atoms with Crippen LogP contribution in [0, 0.1) is 0 Å². The van der Waals surface area contributed by atoms with Crippen molar-refractivity contribution in [2.24, 2.45) is 0 Å². The van der Waals surface area contributed by atoms with Crippen molar-refractivity contribution in [2.75, 3.05) is 0 Å². The number of nitrogens with zero attached hydrogens (tertiary/aromatic N) is 3. The zero-order valence-electron chi connectivity index (χ0n) is 26.3. The maximum Gasteiger partial charge on any atom is 0.160 e. The van der Waals surface area contributed by atoms with Gasteiger partial charge in [0.05, 0.1) is 17.1 Å². The predicted molar refractivity (Wildman–Crippen MR) is 201 cm³/mol. The number of furan rings is 1. The van der Waals surface area contributed by atoms with Gasteiger partial charge in [0.25, 0.3) is 0 Å². The molecule has 49 heavy (non-hydrogen) atoms. The van der Waals surface area contributed by atoms with Gasteiger partial charge in [-0.1, -0.05) is 121 Å². The number of rotatable bonds is 4. The molecule has 0 saturated heterocycles. The Kier molecular flexibility index (Phi) is 6.15. The Morgan fingerprint density at radius 1 is 0.367 bits per heavy atom. The van der Waals surface area contributed by atoms with E-state index in [9.17, 15) is 0 Å². The van der Waals surface area contributed by atoms with Gasteiger partial charge in [0.2, 0.25) is 0 Å². The minimum absolute atomic E-state index is 0.680. The first kappa shape index (κ1) is 27.5. The number of fused-ring (bicyclic) bond motifs is 10. The fourth-order valence-corrected chi connectivity index (χ4v) is 7.18. The van der Waals surface area contributed by atoms with E-state index in [0.29, 0.717) is 5.82 Å². The Morgan fingerprint density at radius 3 is 1.78 bits per heavy atom. The van der Waals surface area contributed by atoms with Crippen LogP contribution in [0.15, 0.2) is 168 Å². The van der Waals surface area contributed by atoms with Gasteiger partial charge in [-0.05, 0) is 63.3 Å². The topological polar surface area (TPSA) is 51.8 Å². The van der Waals surface area contributed by atoms with E-state index < -0.39 is 0 Å². The Labute approximate surface area is 282 Å². The zero-order chi connectivity index (χ0) is 32.3. The molecule has 0 atom stereocenters. The molecule has 0 N–H and O–H groups in total. The molecule has 0 aliphatic rings. The molecular weight excluding hydrogens is 599 g/mol. The Hall–Kier alpha value is -6.65. The third-order valence-electron chi connectivity index (χ3n) is 9.54. The summed E-state index contributed by atoms with van der Waals surface area (Å²) in [5.74, 6) is 0.680. The Morgan fingerprint density at radius 2 is 0.959 bits per heavy atom. The molecule has 4 heteroatoms. The van der Waals surface area contributed by atoms with Crippen LogP contribution in [-0.4, -0.2) is 15.0 Å². The summed E-state index contributed by atoms with van der Waals surface area (Å²) in [6.07, 6.45) is 1.82. The second kappa shape index (κ2) is 11.0. The normalized spacial score (nSPS) is 11.7. The Bertz CT molecular complexity index is 2840. The first-order chi connectivity index (χ1) is 24.3. The van der Waals surface area contributed by atoms with E-state index in [-0.39, 0.29) is 0 Å². The van der Waals surface area contributed by atoms with Crippen molar-refractivity contribution in [2.45, 2.75) is 0 Å². The molecule has 3 heterocycles. The number of benzene rings is 7. The van der Waals surface area contributed by atoms with Gasteiger partial charge in [-0.2, -0.15) is 0 Å². The Balaban J connectivity index is 1.18. The molecule has 0 unspecified atom stereocenters. The van der Waals surface area contributed by atoms with E-state index in [1.165, 1.54) is 26.9 Å². The molecule has 3 aromatic heterocycles. The summed E-state index contributed by atoms with van der Waals surface area (Å²) in [4.78, 5) is 14.8. The second-order valence-corrected chi connectivity index (χ2v) is 12.4. The maximum absolute atomic E-state index is 6.54. The van der Waals surface area contributed by atoms with Crippen LogP contribution in [0.4, 0.5) is 0 Å². The molecule has 0 saturated carbocycles. The van der Waals surface area contributed by atoms with E-state index in [0.717, 1.165) is 66.7 Å². The first-order valence-electron chi connectivity index (χ1n) is 16.4. The summed E-state index contributed by atoms with van der Waals surface area (Å²) >= 11 is 0. The van der Waals surface area contributed by atoms with Crippen molar-refractivity contribution < 1.29 is 4.42 Å². The van der Waals surface area contributed by atoms with E-state index in [1.807, 2.05) is 54.7 Å². The molecule has 10 aromatic rings. The largest absolute Gasteiger partial charge is 0.455 e. The highest BCUT2D eigenvalue weighted by Crippen LogP contribution is 2.43. The lowest BCUT2D eigenvalue weighted by Gasteiger charge is -2.13. The highest BCUT2D eigenvalue weighted by Gasteiger charge is 2.17. The van der Waals surface area contributed by atoms with E-state index in [4.69, 9.17) is 14.4 Å². The van der Waals surface area contributed by atoms with Crippen molar-refractivity contribution in [1.82, 2.24) is 15.0 Å². The molecule has 7 aromatic carbocycles. The average Bonchev–Trinajstić information content (AvgIpc) is 3.57. The molecule has 0 aliphatic heterocycles. The van der Waals surface area contributed by atoms with Crippen LogP contribution in [0.5, 0.6) is 0 Å². The van der Waals surface area contributed by atoms with Gasteiger partial charge >= 0.3 is 0 Å². The maximum atomic E-state index is 6.54. The van der Waals surface area contributed by atoms with E-state index >= 15 is 0 Å². The standard InChI is InChI=1S/C45H27N3O/c1-2-10-28(11-3-1)40-27-41(48-45(47-40)30-19-17-29(18-20-30)39-15-8-9-25-46-39)31-21-22-33-36-23-24-37-34-13-6-7-16-42(34)49-44(37)43(36)35-14-5-4-12-32(35)38(33)26-31/h1-27H. The smallest absolute Gasteiger partial charge is 0.160 e. The van der Waals surface area contributed by atoms with Gasteiger partial charge in [-0.15, -0.1) is 0 Å². The van der Waals surface area contributed by atoms with Gasteiger partial charge in [0.15, 0.2) is 5.82 Å². The number of pyridine rings is 1. The summed E-state index contributed by atoms with van der Waals surface area (Å²) in [6.45, 7) is 0. The second-order valence-electron chi connectivity index (χ2n) is 12.4. The number of aromatic nitrogens is 3. The van der Waals surface area contributed by atoms with Gasteiger partial charge in [0.1, 0.15) is 11.2 Å². The molecular formula is C45H27N3O. The summed E-state index contributed by atoms with van der Waals surface area (Å²) < 4.78 is 6.54. The van der Waals surface area contributed by atoms with E-state index in [2.05, 4.69) is 114 Å². The van der Waals surface area contributed by atoms with Crippen LogP contribution in [0.1, 0.15) is 0 Å². The van der Waals surface area contributed by atoms with Crippen LogP contribution in [0.25, 0.3) is 99.4 Å². The predicted octanol–water partition coefficient (Wildman–Crippen LogP) is 11.9. The van der Waals surface area contributed by atoms with Crippen molar-refractivity contribution >= 4 is 54.3 Å². The van der Waals surface area contributed by atoms with Crippen molar-refractivity contribution in [3.05, 3.63) is 164 Å². The van der Waals surface area contributed by atoms with E-state index in [1.54, 1.807) is 0 Å². The molecule has 4 nitrogen and oxygen atoms in total. The van der Waals surface area contributed by atoms with Gasteiger partial charge in [-0.25, -0.2) is 9.97 Å². The van der Waals surface area contributed by atoms with Crippen LogP contribution < -0.4 is 0 Å². The summed E-state index contributed by atoms with van der Waals surface area (Å²) in [5, 5.41) is 9.32. The fraction of sp³-hybridized carbons (Fsp3) is 0. The number of hydrogen-bond donors (Lipinski definition) is 0. The zero-order valence-corrected chi connectivity index (χ0v) is 26.3. The summed E-state index contributed by atoms with van der Waals surface area (Å²) in [5.41, 5.74) is 8.61. The van der Waals surface area contributed by atoms with Gasteiger partial charge in [-0.3, -0.25) is 4.98 Å². The molecule has 228 valence electrons. The SMILES string of the molecule is c1ccc(-c2cc(-c3ccc4c(c3)c3ccccc3c3c4ccc4c5ccccc5oc43)nc(-c3ccc(-c4ccccn4)cc3)n2)cc1. The molecule has 0 fully saturated rings. The molecule has 0 radical (unpaired) electrons. The average molecular weight is 626 g/mol. The summed E-state index contributed by atoms with van der Waals surface area (Å²) in [6, 6.07) is 54.8. The highest BCUT2D eigenvalue weighted by atomic mass is 16.3. The van der Waals surface area contributed by atoms with Gasteiger partial charge < -0.3 is 4.42 Å². The molecule has 0 aliphatic carbocycles. The lowest BCUT2D eigenvalue weighted by molar-refractivity contribution is 0.673. The van der Waals surface area contributed by atoms with Crippen molar-refractivity contribution in [3.63, 3.8) is 0 Å². The lowest BCUT2D eigenvalue weighted by Crippen LogP contribution is -1.96. The third-order valence-corrected chi connectivity index (χ3v) is 9.54. The number of hydrogen-bond acceptors (Lipinski definition) is 4. The quantitative estimate of drug-likeness (QED) is 0.183. The van der Waals surface area contributed by atoms with Crippen LogP contribution in [0.2, 0.25) is 0 Å². The third kappa shape index (κ3) is 4.49. The molecule has 0 spiro atoms. The van der Waals surface area contributed by atoms with Crippen LogP contribution in [0.3, 0.4) is 0 Å². The lowest BCUT2D eigenvalue weighted by atomic mass is 9.91. The molecule has 0 bridgehead atoms. The summed E-state index contributed by atoms with van der Waals surface area (Å²) in [7, 11) is 0.